The van der Waals surface area contributed by atoms with E-state index in [1.165, 1.54) is 4.90 Å². The number of rotatable bonds is 5. The van der Waals surface area contributed by atoms with Gasteiger partial charge in [0.2, 0.25) is 0 Å². The highest BCUT2D eigenvalue weighted by Gasteiger charge is 2.00. The van der Waals surface area contributed by atoms with Crippen molar-refractivity contribution in [3.8, 4) is 6.07 Å². The first-order valence-electron chi connectivity index (χ1n) is 5.78. The first-order chi connectivity index (χ1) is 8.63. The predicted molar refractivity (Wildman–Crippen MR) is 69.9 cm³/mol. The van der Waals surface area contributed by atoms with Gasteiger partial charge in [-0.1, -0.05) is 12.1 Å². The van der Waals surface area contributed by atoms with Gasteiger partial charge in [-0.3, -0.25) is 0 Å². The minimum absolute atomic E-state index is 0.0878. The Morgan fingerprint density at radius 1 is 1.28 bits per heavy atom. The van der Waals surface area contributed by atoms with Gasteiger partial charge in [0.25, 0.3) is 0 Å². The van der Waals surface area contributed by atoms with Crippen LogP contribution in [0.4, 0.5) is 4.79 Å². The number of urea groups is 1. The average molecular weight is 246 g/mol. The van der Waals surface area contributed by atoms with Crippen LogP contribution in [0.25, 0.3) is 0 Å². The second-order valence-corrected chi connectivity index (χ2v) is 4.11. The van der Waals surface area contributed by atoms with E-state index in [4.69, 9.17) is 5.26 Å². The molecule has 0 bridgehead atoms. The molecular formula is C13H18N4O. The van der Waals surface area contributed by atoms with Crippen LogP contribution < -0.4 is 10.6 Å². The van der Waals surface area contributed by atoms with E-state index in [0.29, 0.717) is 18.7 Å². The lowest BCUT2D eigenvalue weighted by Crippen LogP contribution is -2.38. The summed E-state index contributed by atoms with van der Waals surface area (Å²) >= 11 is 0. The molecule has 0 spiro atoms. The molecule has 0 saturated carbocycles. The molecule has 0 aliphatic heterocycles. The summed E-state index contributed by atoms with van der Waals surface area (Å²) in [6.45, 7) is 2.02. The molecule has 0 fully saturated rings. The Hall–Kier alpha value is -2.06. The van der Waals surface area contributed by atoms with E-state index < -0.39 is 0 Å². The molecule has 2 N–H and O–H groups in total. The zero-order valence-electron chi connectivity index (χ0n) is 10.7. The molecule has 2 amide bonds. The van der Waals surface area contributed by atoms with Gasteiger partial charge in [-0.2, -0.15) is 5.26 Å². The quantitative estimate of drug-likeness (QED) is 0.759. The normalized spacial score (nSPS) is 9.61. The zero-order valence-corrected chi connectivity index (χ0v) is 10.7. The van der Waals surface area contributed by atoms with E-state index in [-0.39, 0.29) is 6.03 Å². The largest absolute Gasteiger partial charge is 0.337 e. The highest BCUT2D eigenvalue weighted by atomic mass is 16.2. The maximum absolute atomic E-state index is 11.2. The minimum Gasteiger partial charge on any atom is -0.337 e. The SMILES string of the molecule is CN(C)C(=O)NCCNCc1ccc(C#N)cc1. The Kier molecular flexibility index (Phi) is 5.68. The Morgan fingerprint density at radius 3 is 2.50 bits per heavy atom. The summed E-state index contributed by atoms with van der Waals surface area (Å²) in [5, 5.41) is 14.6. The molecule has 5 heteroatoms. The molecule has 5 nitrogen and oxygen atoms in total. The molecular weight excluding hydrogens is 228 g/mol. The van der Waals surface area contributed by atoms with Gasteiger partial charge in [-0.05, 0) is 17.7 Å². The molecule has 1 aromatic carbocycles. The maximum atomic E-state index is 11.2. The van der Waals surface area contributed by atoms with Crippen molar-refractivity contribution >= 4 is 6.03 Å². The van der Waals surface area contributed by atoms with Crippen molar-refractivity contribution in [3.63, 3.8) is 0 Å². The number of carbonyl (C=O) groups is 1. The summed E-state index contributed by atoms with van der Waals surface area (Å²) in [6.07, 6.45) is 0. The van der Waals surface area contributed by atoms with E-state index in [1.807, 2.05) is 12.1 Å². The smallest absolute Gasteiger partial charge is 0.316 e. The van der Waals surface area contributed by atoms with Gasteiger partial charge in [0.15, 0.2) is 0 Å². The highest BCUT2D eigenvalue weighted by molar-refractivity contribution is 5.73. The van der Waals surface area contributed by atoms with Crippen LogP contribution in [0.2, 0.25) is 0 Å². The van der Waals surface area contributed by atoms with Crippen LogP contribution in [-0.2, 0) is 6.54 Å². The molecule has 0 aliphatic carbocycles. The molecule has 0 aromatic heterocycles. The van der Waals surface area contributed by atoms with Crippen LogP contribution >= 0.6 is 0 Å². The van der Waals surface area contributed by atoms with Crippen LogP contribution in [-0.4, -0.2) is 38.1 Å². The predicted octanol–water partition coefficient (Wildman–Crippen LogP) is 0.919. The van der Waals surface area contributed by atoms with E-state index in [0.717, 1.165) is 12.1 Å². The van der Waals surface area contributed by atoms with Crippen LogP contribution in [0, 0.1) is 11.3 Å². The summed E-state index contributed by atoms with van der Waals surface area (Å²) < 4.78 is 0. The number of carbonyl (C=O) groups excluding carboxylic acids is 1. The number of nitrogens with one attached hydrogen (secondary N) is 2. The van der Waals surface area contributed by atoms with Gasteiger partial charge in [-0.15, -0.1) is 0 Å². The molecule has 0 aliphatic rings. The topological polar surface area (TPSA) is 68.2 Å². The number of nitriles is 1. The van der Waals surface area contributed by atoms with Crippen LogP contribution in [0.3, 0.4) is 0 Å². The number of nitrogens with zero attached hydrogens (tertiary/aromatic N) is 2. The molecule has 1 aromatic rings. The van der Waals surface area contributed by atoms with E-state index >= 15 is 0 Å². The van der Waals surface area contributed by atoms with Crippen LogP contribution in [0.1, 0.15) is 11.1 Å². The van der Waals surface area contributed by atoms with Crippen molar-refractivity contribution in [1.29, 1.82) is 5.26 Å². The zero-order chi connectivity index (χ0) is 13.4. The second kappa shape index (κ2) is 7.30. The third-order valence-electron chi connectivity index (χ3n) is 2.40. The molecule has 0 radical (unpaired) electrons. The maximum Gasteiger partial charge on any atom is 0.316 e. The number of benzene rings is 1. The fourth-order valence-electron chi connectivity index (χ4n) is 1.35. The number of amides is 2. The fraction of sp³-hybridized carbons (Fsp3) is 0.385. The Balaban J connectivity index is 2.18. The van der Waals surface area contributed by atoms with Gasteiger partial charge in [0, 0.05) is 33.7 Å². The Bertz CT molecular complexity index is 420. The summed E-state index contributed by atoms with van der Waals surface area (Å²) in [7, 11) is 3.42. The summed E-state index contributed by atoms with van der Waals surface area (Å²) in [5.41, 5.74) is 1.78. The molecule has 96 valence electrons. The van der Waals surface area contributed by atoms with E-state index in [1.54, 1.807) is 26.2 Å². The molecule has 0 saturated heterocycles. The molecule has 0 unspecified atom stereocenters. The Labute approximate surface area is 107 Å². The lowest BCUT2D eigenvalue weighted by atomic mass is 10.1. The summed E-state index contributed by atoms with van der Waals surface area (Å²) in [4.78, 5) is 12.7. The number of hydrogen-bond donors (Lipinski definition) is 2. The molecule has 1 rings (SSSR count). The van der Waals surface area contributed by atoms with Crippen molar-refractivity contribution in [2.45, 2.75) is 6.54 Å². The van der Waals surface area contributed by atoms with E-state index in [2.05, 4.69) is 16.7 Å². The fourth-order valence-corrected chi connectivity index (χ4v) is 1.35. The van der Waals surface area contributed by atoms with Crippen LogP contribution in [0.5, 0.6) is 0 Å². The monoisotopic (exact) mass is 246 g/mol. The van der Waals surface area contributed by atoms with Crippen molar-refractivity contribution in [3.05, 3.63) is 35.4 Å². The van der Waals surface area contributed by atoms with Crippen LogP contribution in [0.15, 0.2) is 24.3 Å². The van der Waals surface area contributed by atoms with E-state index in [9.17, 15) is 4.79 Å². The lowest BCUT2D eigenvalue weighted by molar-refractivity contribution is 0.217. The first kappa shape index (κ1) is 14.0. The third-order valence-corrected chi connectivity index (χ3v) is 2.40. The highest BCUT2D eigenvalue weighted by Crippen LogP contribution is 2.02. The minimum atomic E-state index is -0.0878. The van der Waals surface area contributed by atoms with Crippen molar-refractivity contribution in [2.75, 3.05) is 27.2 Å². The van der Waals surface area contributed by atoms with Gasteiger partial charge < -0.3 is 15.5 Å². The van der Waals surface area contributed by atoms with Crippen molar-refractivity contribution in [2.24, 2.45) is 0 Å². The average Bonchev–Trinajstić information content (AvgIpc) is 2.38. The molecule has 0 heterocycles. The second-order valence-electron chi connectivity index (χ2n) is 4.11. The molecule has 0 atom stereocenters. The van der Waals surface area contributed by atoms with Gasteiger partial charge in [0.05, 0.1) is 11.6 Å². The van der Waals surface area contributed by atoms with Gasteiger partial charge in [-0.25, -0.2) is 4.79 Å². The summed E-state index contributed by atoms with van der Waals surface area (Å²) in [5.74, 6) is 0. The Morgan fingerprint density at radius 2 is 1.94 bits per heavy atom. The first-order valence-corrected chi connectivity index (χ1v) is 5.78. The number of hydrogen-bond acceptors (Lipinski definition) is 3. The summed E-state index contributed by atoms with van der Waals surface area (Å²) in [6, 6.07) is 9.43. The molecule has 18 heavy (non-hydrogen) atoms. The van der Waals surface area contributed by atoms with Gasteiger partial charge >= 0.3 is 6.03 Å². The van der Waals surface area contributed by atoms with Crippen molar-refractivity contribution < 1.29 is 4.79 Å². The van der Waals surface area contributed by atoms with Crippen molar-refractivity contribution in [1.82, 2.24) is 15.5 Å². The standard InChI is InChI=1S/C13H18N4O/c1-17(2)13(18)16-8-7-15-10-12-5-3-11(9-14)4-6-12/h3-6,15H,7-8,10H2,1-2H3,(H,16,18). The lowest BCUT2D eigenvalue weighted by Gasteiger charge is -2.12. The third kappa shape index (κ3) is 4.85. The van der Waals surface area contributed by atoms with Gasteiger partial charge in [0.1, 0.15) is 0 Å².